The van der Waals surface area contributed by atoms with Gasteiger partial charge in [-0.3, -0.25) is 0 Å². The minimum Gasteiger partial charge on any atom is -0.377 e. The quantitative estimate of drug-likeness (QED) is 0.835. The van der Waals surface area contributed by atoms with Crippen molar-refractivity contribution in [1.82, 2.24) is 0 Å². The fraction of sp³-hybridized carbons (Fsp3) is 0.500. The zero-order chi connectivity index (χ0) is 14.0. The Kier molecular flexibility index (Phi) is 4.12. The Morgan fingerprint density at radius 2 is 2.26 bits per heavy atom. The summed E-state index contributed by atoms with van der Waals surface area (Å²) < 4.78 is 20.1. The van der Waals surface area contributed by atoms with Gasteiger partial charge in [0, 0.05) is 20.2 Å². The second-order valence-corrected chi connectivity index (χ2v) is 5.84. The maximum Gasteiger partial charge on any atom is 0.161 e. The smallest absolute Gasteiger partial charge is 0.161 e. The zero-order valence-corrected chi connectivity index (χ0v) is 12.6. The van der Waals surface area contributed by atoms with Gasteiger partial charge < -0.3 is 9.64 Å². The Morgan fingerprint density at radius 3 is 2.89 bits per heavy atom. The predicted octanol–water partition coefficient (Wildman–Crippen LogP) is 3.47. The fourth-order valence-electron chi connectivity index (χ4n) is 2.45. The van der Waals surface area contributed by atoms with Crippen molar-refractivity contribution >= 4 is 21.6 Å². The van der Waals surface area contributed by atoms with E-state index in [0.717, 1.165) is 19.4 Å². The summed E-state index contributed by atoms with van der Waals surface area (Å²) in [5, 5.41) is 8.88. The first kappa shape index (κ1) is 14.3. The van der Waals surface area contributed by atoms with E-state index in [9.17, 15) is 4.39 Å². The third-order valence-corrected chi connectivity index (χ3v) is 4.45. The molecule has 0 bridgehead atoms. The Balaban J connectivity index is 2.33. The van der Waals surface area contributed by atoms with Crippen molar-refractivity contribution in [2.24, 2.45) is 0 Å². The van der Waals surface area contributed by atoms with Crippen molar-refractivity contribution in [3.05, 3.63) is 28.0 Å². The zero-order valence-electron chi connectivity index (χ0n) is 11.0. The van der Waals surface area contributed by atoms with Crippen LogP contribution in [0.1, 0.15) is 25.3 Å². The molecule has 102 valence electrons. The SMILES string of the molecule is COC1(C)CCCN(c2ccc(C#N)c(Br)c2F)C1. The summed E-state index contributed by atoms with van der Waals surface area (Å²) in [6.45, 7) is 3.49. The molecule has 2 rings (SSSR count). The second-order valence-electron chi connectivity index (χ2n) is 5.05. The van der Waals surface area contributed by atoms with E-state index in [4.69, 9.17) is 10.00 Å². The van der Waals surface area contributed by atoms with Gasteiger partial charge in [-0.1, -0.05) is 0 Å². The van der Waals surface area contributed by atoms with Crippen LogP contribution in [0.2, 0.25) is 0 Å². The molecule has 1 aromatic rings. The van der Waals surface area contributed by atoms with E-state index in [1.54, 1.807) is 19.2 Å². The van der Waals surface area contributed by atoms with Gasteiger partial charge in [0.05, 0.1) is 21.3 Å². The van der Waals surface area contributed by atoms with Crippen LogP contribution in [0.15, 0.2) is 16.6 Å². The summed E-state index contributed by atoms with van der Waals surface area (Å²) in [5.74, 6) is -0.376. The van der Waals surface area contributed by atoms with Gasteiger partial charge in [-0.2, -0.15) is 5.26 Å². The number of piperidine rings is 1. The van der Waals surface area contributed by atoms with E-state index in [1.807, 2.05) is 17.9 Å². The van der Waals surface area contributed by atoms with Crippen molar-refractivity contribution in [2.45, 2.75) is 25.4 Å². The van der Waals surface area contributed by atoms with Crippen LogP contribution in [-0.4, -0.2) is 25.8 Å². The van der Waals surface area contributed by atoms with Crippen molar-refractivity contribution in [3.8, 4) is 6.07 Å². The van der Waals surface area contributed by atoms with Gasteiger partial charge in [0.15, 0.2) is 5.82 Å². The number of anilines is 1. The molecular formula is C14H16BrFN2O. The number of hydrogen-bond acceptors (Lipinski definition) is 3. The van der Waals surface area contributed by atoms with Crippen molar-refractivity contribution < 1.29 is 9.13 Å². The molecule has 1 fully saturated rings. The lowest BCUT2D eigenvalue weighted by Gasteiger charge is -2.40. The molecule has 1 heterocycles. The molecule has 1 aliphatic rings. The maximum atomic E-state index is 14.3. The van der Waals surface area contributed by atoms with Crippen LogP contribution in [0.5, 0.6) is 0 Å². The molecule has 3 nitrogen and oxygen atoms in total. The van der Waals surface area contributed by atoms with Gasteiger partial charge in [-0.05, 0) is 47.8 Å². The van der Waals surface area contributed by atoms with Gasteiger partial charge in [-0.15, -0.1) is 0 Å². The van der Waals surface area contributed by atoms with Crippen LogP contribution in [0, 0.1) is 17.1 Å². The van der Waals surface area contributed by atoms with E-state index >= 15 is 0 Å². The van der Waals surface area contributed by atoms with E-state index < -0.39 is 0 Å². The number of hydrogen-bond donors (Lipinski definition) is 0. The average molecular weight is 327 g/mol. The standard InChI is InChI=1S/C14H16BrFN2O/c1-14(19-2)6-3-7-18(9-14)11-5-4-10(8-17)12(15)13(11)16/h4-5H,3,6-7,9H2,1-2H3. The number of methoxy groups -OCH3 is 1. The van der Waals surface area contributed by atoms with E-state index in [1.165, 1.54) is 0 Å². The molecule has 1 aromatic carbocycles. The number of benzene rings is 1. The van der Waals surface area contributed by atoms with Crippen molar-refractivity contribution in [3.63, 3.8) is 0 Å². The van der Waals surface area contributed by atoms with Crippen LogP contribution >= 0.6 is 15.9 Å². The normalized spacial score (nSPS) is 23.2. The molecule has 0 radical (unpaired) electrons. The van der Waals surface area contributed by atoms with Gasteiger partial charge in [-0.25, -0.2) is 4.39 Å². The fourth-order valence-corrected chi connectivity index (χ4v) is 2.87. The molecule has 0 amide bonds. The lowest BCUT2D eigenvalue weighted by molar-refractivity contribution is -0.00477. The van der Waals surface area contributed by atoms with E-state index in [2.05, 4.69) is 15.9 Å². The highest BCUT2D eigenvalue weighted by atomic mass is 79.9. The summed E-state index contributed by atoms with van der Waals surface area (Å²) in [5.41, 5.74) is 0.590. The Morgan fingerprint density at radius 1 is 1.53 bits per heavy atom. The third kappa shape index (κ3) is 2.75. The van der Waals surface area contributed by atoms with Gasteiger partial charge >= 0.3 is 0 Å². The lowest BCUT2D eigenvalue weighted by atomic mass is 9.94. The molecule has 1 atom stereocenters. The summed E-state index contributed by atoms with van der Waals surface area (Å²) in [6.07, 6.45) is 1.93. The molecule has 5 heteroatoms. The van der Waals surface area contributed by atoms with Crippen LogP contribution in [0.3, 0.4) is 0 Å². The maximum absolute atomic E-state index is 14.3. The topological polar surface area (TPSA) is 36.3 Å². The first-order valence-corrected chi connectivity index (χ1v) is 6.98. The lowest BCUT2D eigenvalue weighted by Crippen LogP contribution is -2.47. The molecular weight excluding hydrogens is 311 g/mol. The Hall–Kier alpha value is -1.12. The molecule has 0 spiro atoms. The van der Waals surface area contributed by atoms with Crippen molar-refractivity contribution in [1.29, 1.82) is 5.26 Å². The van der Waals surface area contributed by atoms with Crippen LogP contribution in [-0.2, 0) is 4.74 Å². The van der Waals surface area contributed by atoms with Crippen LogP contribution in [0.4, 0.5) is 10.1 Å². The minimum atomic E-state index is -0.376. The Bertz CT molecular complexity index is 529. The molecule has 0 aromatic heterocycles. The average Bonchev–Trinajstić information content (AvgIpc) is 2.42. The molecule has 19 heavy (non-hydrogen) atoms. The third-order valence-electron chi connectivity index (χ3n) is 3.67. The molecule has 1 aliphatic heterocycles. The Labute approximate surface area is 121 Å². The second kappa shape index (κ2) is 5.48. The molecule has 0 N–H and O–H groups in total. The minimum absolute atomic E-state index is 0.234. The van der Waals surface area contributed by atoms with E-state index in [0.29, 0.717) is 17.8 Å². The number of halogens is 2. The van der Waals surface area contributed by atoms with Gasteiger partial charge in [0.2, 0.25) is 0 Å². The first-order valence-electron chi connectivity index (χ1n) is 6.19. The van der Waals surface area contributed by atoms with Crippen molar-refractivity contribution in [2.75, 3.05) is 25.1 Å². The highest BCUT2D eigenvalue weighted by molar-refractivity contribution is 9.10. The molecule has 1 unspecified atom stereocenters. The number of rotatable bonds is 2. The molecule has 0 saturated carbocycles. The van der Waals surface area contributed by atoms with Gasteiger partial charge in [0.1, 0.15) is 6.07 Å². The monoisotopic (exact) mass is 326 g/mol. The predicted molar refractivity (Wildman–Crippen MR) is 75.7 cm³/mol. The number of nitriles is 1. The van der Waals surface area contributed by atoms with Crippen LogP contribution < -0.4 is 4.90 Å². The summed E-state index contributed by atoms with van der Waals surface area (Å²) in [6, 6.07) is 5.27. The highest BCUT2D eigenvalue weighted by Crippen LogP contribution is 2.33. The molecule has 0 aliphatic carbocycles. The number of ether oxygens (including phenoxy) is 1. The largest absolute Gasteiger partial charge is 0.377 e. The molecule has 1 saturated heterocycles. The van der Waals surface area contributed by atoms with Gasteiger partial charge in [0.25, 0.3) is 0 Å². The summed E-state index contributed by atoms with van der Waals surface area (Å²) >= 11 is 3.15. The highest BCUT2D eigenvalue weighted by Gasteiger charge is 2.32. The summed E-state index contributed by atoms with van der Waals surface area (Å²) in [7, 11) is 1.69. The first-order chi connectivity index (χ1) is 9.00. The number of nitrogens with zero attached hydrogens (tertiary/aromatic N) is 2. The summed E-state index contributed by atoms with van der Waals surface area (Å²) in [4.78, 5) is 1.98. The van der Waals surface area contributed by atoms with Crippen LogP contribution in [0.25, 0.3) is 0 Å². The van der Waals surface area contributed by atoms with E-state index in [-0.39, 0.29) is 15.9 Å².